The van der Waals surface area contributed by atoms with E-state index in [1.54, 1.807) is 17.0 Å². The molecule has 1 fully saturated rings. The summed E-state index contributed by atoms with van der Waals surface area (Å²) in [5.74, 6) is 0.239. The van der Waals surface area contributed by atoms with Gasteiger partial charge >= 0.3 is 0 Å². The van der Waals surface area contributed by atoms with Crippen molar-refractivity contribution in [3.05, 3.63) is 35.6 Å². The van der Waals surface area contributed by atoms with Crippen LogP contribution in [0.15, 0.2) is 24.3 Å². The van der Waals surface area contributed by atoms with Crippen molar-refractivity contribution in [3.8, 4) is 0 Å². The Balaban J connectivity index is 1.84. The van der Waals surface area contributed by atoms with E-state index >= 15 is 0 Å². The third-order valence-electron chi connectivity index (χ3n) is 3.25. The Hall–Kier alpha value is -1.42. The van der Waals surface area contributed by atoms with Crippen LogP contribution < -0.4 is 0 Å². The Kier molecular flexibility index (Phi) is 4.31. The molecule has 18 heavy (non-hydrogen) atoms. The molecule has 0 aromatic heterocycles. The van der Waals surface area contributed by atoms with Gasteiger partial charge in [0.15, 0.2) is 0 Å². The van der Waals surface area contributed by atoms with Gasteiger partial charge in [-0.05, 0) is 24.1 Å². The molecule has 3 nitrogen and oxygen atoms in total. The molecule has 1 amide bonds. The van der Waals surface area contributed by atoms with Crippen molar-refractivity contribution < 1.29 is 13.9 Å². The first-order valence-electron chi connectivity index (χ1n) is 6.21. The first kappa shape index (κ1) is 13.0. The van der Waals surface area contributed by atoms with Gasteiger partial charge in [-0.1, -0.05) is 12.1 Å². The Morgan fingerprint density at radius 2 is 2.17 bits per heavy atom. The van der Waals surface area contributed by atoms with E-state index in [1.165, 1.54) is 12.1 Å². The van der Waals surface area contributed by atoms with Gasteiger partial charge < -0.3 is 9.64 Å². The number of hydrogen-bond donors (Lipinski definition) is 0. The Morgan fingerprint density at radius 3 is 2.78 bits per heavy atom. The lowest BCUT2D eigenvalue weighted by Gasteiger charge is -2.20. The lowest BCUT2D eigenvalue weighted by Crippen LogP contribution is -2.33. The molecule has 0 radical (unpaired) electrons. The van der Waals surface area contributed by atoms with Gasteiger partial charge in [0.1, 0.15) is 5.82 Å². The normalized spacial score (nSPS) is 18.9. The molecule has 0 spiro atoms. The number of halogens is 1. The molecule has 1 atom stereocenters. The molecule has 1 aromatic rings. The SMILES string of the molecule is CN(CC1CCOC1)C(=O)Cc1ccc(F)cc1. The molecule has 98 valence electrons. The van der Waals surface area contributed by atoms with Gasteiger partial charge in [0, 0.05) is 26.1 Å². The van der Waals surface area contributed by atoms with E-state index in [9.17, 15) is 9.18 Å². The first-order valence-corrected chi connectivity index (χ1v) is 6.21. The van der Waals surface area contributed by atoms with Crippen LogP contribution in [-0.4, -0.2) is 37.6 Å². The monoisotopic (exact) mass is 251 g/mol. The van der Waals surface area contributed by atoms with Crippen molar-refractivity contribution in [2.45, 2.75) is 12.8 Å². The number of benzene rings is 1. The molecule has 1 aliphatic rings. The highest BCUT2D eigenvalue weighted by Crippen LogP contribution is 2.14. The summed E-state index contributed by atoms with van der Waals surface area (Å²) in [6, 6.07) is 6.07. The minimum atomic E-state index is -0.275. The van der Waals surface area contributed by atoms with Crippen LogP contribution in [0.3, 0.4) is 0 Å². The maximum Gasteiger partial charge on any atom is 0.226 e. The summed E-state index contributed by atoms with van der Waals surface area (Å²) in [7, 11) is 1.81. The smallest absolute Gasteiger partial charge is 0.226 e. The summed E-state index contributed by atoms with van der Waals surface area (Å²) in [4.78, 5) is 13.7. The van der Waals surface area contributed by atoms with Crippen molar-refractivity contribution >= 4 is 5.91 Å². The zero-order valence-electron chi connectivity index (χ0n) is 10.6. The van der Waals surface area contributed by atoms with Crippen LogP contribution in [-0.2, 0) is 16.0 Å². The minimum absolute atomic E-state index is 0.0634. The molecular weight excluding hydrogens is 233 g/mol. The highest BCUT2D eigenvalue weighted by atomic mass is 19.1. The molecule has 1 saturated heterocycles. The maximum absolute atomic E-state index is 12.7. The fourth-order valence-electron chi connectivity index (χ4n) is 2.13. The number of amides is 1. The number of ether oxygens (including phenoxy) is 1. The third kappa shape index (κ3) is 3.53. The van der Waals surface area contributed by atoms with Crippen molar-refractivity contribution in [2.24, 2.45) is 5.92 Å². The maximum atomic E-state index is 12.7. The first-order chi connectivity index (χ1) is 8.65. The van der Waals surface area contributed by atoms with Gasteiger partial charge in [0.25, 0.3) is 0 Å². The van der Waals surface area contributed by atoms with E-state index in [0.717, 1.165) is 31.7 Å². The second-order valence-corrected chi connectivity index (χ2v) is 4.81. The molecule has 2 rings (SSSR count). The largest absolute Gasteiger partial charge is 0.381 e. The molecular formula is C14H18FNO2. The minimum Gasteiger partial charge on any atom is -0.381 e. The second-order valence-electron chi connectivity index (χ2n) is 4.81. The molecule has 1 unspecified atom stereocenters. The topological polar surface area (TPSA) is 29.5 Å². The Morgan fingerprint density at radius 1 is 1.44 bits per heavy atom. The van der Waals surface area contributed by atoms with E-state index in [2.05, 4.69) is 0 Å². The number of carbonyl (C=O) groups excluding carboxylic acids is 1. The Bertz CT molecular complexity index is 399. The predicted molar refractivity (Wildman–Crippen MR) is 66.7 cm³/mol. The summed E-state index contributed by atoms with van der Waals surface area (Å²) in [6.07, 6.45) is 1.35. The average molecular weight is 251 g/mol. The molecule has 4 heteroatoms. The second kappa shape index (κ2) is 5.96. The number of nitrogens with zero attached hydrogens (tertiary/aromatic N) is 1. The van der Waals surface area contributed by atoms with Crippen LogP contribution in [0.5, 0.6) is 0 Å². The van der Waals surface area contributed by atoms with E-state index in [0.29, 0.717) is 12.3 Å². The number of carbonyl (C=O) groups is 1. The van der Waals surface area contributed by atoms with Gasteiger partial charge in [-0.3, -0.25) is 4.79 Å². The van der Waals surface area contributed by atoms with Crippen molar-refractivity contribution in [1.29, 1.82) is 0 Å². The van der Waals surface area contributed by atoms with Crippen molar-refractivity contribution in [1.82, 2.24) is 4.90 Å². The summed E-state index contributed by atoms with van der Waals surface area (Å²) in [5.41, 5.74) is 0.843. The van der Waals surface area contributed by atoms with Crippen LogP contribution in [0.1, 0.15) is 12.0 Å². The molecule has 1 heterocycles. The van der Waals surface area contributed by atoms with Gasteiger partial charge in [-0.25, -0.2) is 4.39 Å². The number of hydrogen-bond acceptors (Lipinski definition) is 2. The molecule has 0 aliphatic carbocycles. The Labute approximate surface area is 107 Å². The van der Waals surface area contributed by atoms with E-state index in [1.807, 2.05) is 7.05 Å². The molecule has 1 aromatic carbocycles. The highest BCUT2D eigenvalue weighted by Gasteiger charge is 2.20. The van der Waals surface area contributed by atoms with Crippen LogP contribution in [0, 0.1) is 11.7 Å². The summed E-state index contributed by atoms with van der Waals surface area (Å²) in [5, 5.41) is 0. The van der Waals surface area contributed by atoms with Crippen LogP contribution in [0.4, 0.5) is 4.39 Å². The lowest BCUT2D eigenvalue weighted by molar-refractivity contribution is -0.129. The predicted octanol–water partition coefficient (Wildman–Crippen LogP) is 1.86. The van der Waals surface area contributed by atoms with Crippen LogP contribution in [0.25, 0.3) is 0 Å². The van der Waals surface area contributed by atoms with Crippen molar-refractivity contribution in [2.75, 3.05) is 26.8 Å². The summed E-state index contributed by atoms with van der Waals surface area (Å²) >= 11 is 0. The highest BCUT2D eigenvalue weighted by molar-refractivity contribution is 5.78. The van der Waals surface area contributed by atoms with E-state index in [-0.39, 0.29) is 11.7 Å². The van der Waals surface area contributed by atoms with Gasteiger partial charge in [-0.2, -0.15) is 0 Å². The van der Waals surface area contributed by atoms with Gasteiger partial charge in [0.05, 0.1) is 13.0 Å². The lowest BCUT2D eigenvalue weighted by atomic mass is 10.1. The van der Waals surface area contributed by atoms with E-state index < -0.39 is 0 Å². The average Bonchev–Trinajstić information content (AvgIpc) is 2.85. The molecule has 0 N–H and O–H groups in total. The van der Waals surface area contributed by atoms with E-state index in [4.69, 9.17) is 4.74 Å². The van der Waals surface area contributed by atoms with Crippen LogP contribution >= 0.6 is 0 Å². The summed E-state index contributed by atoms with van der Waals surface area (Å²) in [6.45, 7) is 2.28. The quantitative estimate of drug-likeness (QED) is 0.817. The molecule has 1 aliphatic heterocycles. The van der Waals surface area contributed by atoms with Gasteiger partial charge in [0.2, 0.25) is 5.91 Å². The van der Waals surface area contributed by atoms with Gasteiger partial charge in [-0.15, -0.1) is 0 Å². The zero-order chi connectivity index (χ0) is 13.0. The van der Waals surface area contributed by atoms with Crippen molar-refractivity contribution in [3.63, 3.8) is 0 Å². The fraction of sp³-hybridized carbons (Fsp3) is 0.500. The number of rotatable bonds is 4. The zero-order valence-corrected chi connectivity index (χ0v) is 10.6. The molecule has 0 bridgehead atoms. The van der Waals surface area contributed by atoms with Crippen LogP contribution in [0.2, 0.25) is 0 Å². The third-order valence-corrected chi connectivity index (χ3v) is 3.25. The summed E-state index contributed by atoms with van der Waals surface area (Å²) < 4.78 is 18.0. The standard InChI is InChI=1S/C14H18FNO2/c1-16(9-12-6-7-18-10-12)14(17)8-11-2-4-13(15)5-3-11/h2-5,12H,6-10H2,1H3. The number of likely N-dealkylation sites (N-methyl/N-ethyl adjacent to an activating group) is 1. The molecule has 0 saturated carbocycles. The fourth-order valence-corrected chi connectivity index (χ4v) is 2.13.